The number of aromatic amines is 1. The molecule has 2 heterocycles. The number of H-pyrrole nitrogens is 1. The summed E-state index contributed by atoms with van der Waals surface area (Å²) in [6.45, 7) is 0. The molecule has 0 amide bonds. The van der Waals surface area contributed by atoms with Gasteiger partial charge in [0.2, 0.25) is 0 Å². The molecule has 2 aromatic rings. The van der Waals surface area contributed by atoms with Crippen LogP contribution >= 0.6 is 11.6 Å². The van der Waals surface area contributed by atoms with Crippen molar-refractivity contribution in [1.29, 1.82) is 0 Å². The number of halogens is 1. The van der Waals surface area contributed by atoms with E-state index in [1.807, 2.05) is 6.08 Å². The van der Waals surface area contributed by atoms with Crippen molar-refractivity contribution in [3.05, 3.63) is 71.0 Å². The Bertz CT molecular complexity index is 1000. The van der Waals surface area contributed by atoms with Crippen molar-refractivity contribution in [2.24, 2.45) is 0 Å². The van der Waals surface area contributed by atoms with Gasteiger partial charge in [-0.05, 0) is 18.9 Å². The maximum Gasteiger partial charge on any atom is 0.173 e. The van der Waals surface area contributed by atoms with E-state index in [9.17, 15) is 10.2 Å². The van der Waals surface area contributed by atoms with E-state index in [1.54, 1.807) is 12.5 Å². The average molecular weight is 385 g/mol. The maximum atomic E-state index is 10.2. The zero-order chi connectivity index (χ0) is 18.8. The minimum atomic E-state index is -0.199. The summed E-state index contributed by atoms with van der Waals surface area (Å²) in [5.41, 5.74) is 2.77. The smallest absolute Gasteiger partial charge is 0.173 e. The van der Waals surface area contributed by atoms with Crippen LogP contribution in [0.3, 0.4) is 0 Å². The van der Waals surface area contributed by atoms with Gasteiger partial charge in [0.15, 0.2) is 5.76 Å². The van der Waals surface area contributed by atoms with Crippen LogP contribution in [0, 0.1) is 0 Å². The summed E-state index contributed by atoms with van der Waals surface area (Å²) in [5, 5.41) is 26.8. The number of hydrogen-bond donors (Lipinski definition) is 3. The van der Waals surface area contributed by atoms with Crippen molar-refractivity contribution in [2.45, 2.75) is 19.3 Å². The Morgan fingerprint density at radius 2 is 2.04 bits per heavy atom. The first kappa shape index (κ1) is 17.3. The fourth-order valence-corrected chi connectivity index (χ4v) is 3.17. The molecule has 1 aliphatic heterocycles. The summed E-state index contributed by atoms with van der Waals surface area (Å²) in [5.74, 6) is 0.825. The third-order valence-electron chi connectivity index (χ3n) is 4.36. The Balaban J connectivity index is 1.60. The predicted octanol–water partition coefficient (Wildman–Crippen LogP) is 4.99. The number of rotatable bonds is 4. The van der Waals surface area contributed by atoms with Crippen molar-refractivity contribution in [3.63, 3.8) is 0 Å². The molecule has 27 heavy (non-hydrogen) atoms. The summed E-state index contributed by atoms with van der Waals surface area (Å²) >= 11 is 5.99. The van der Waals surface area contributed by atoms with Gasteiger partial charge in [0.25, 0.3) is 0 Å². The molecule has 0 fully saturated rings. The van der Waals surface area contributed by atoms with Gasteiger partial charge in [-0.3, -0.25) is 5.10 Å². The van der Waals surface area contributed by atoms with Gasteiger partial charge in [-0.1, -0.05) is 35.4 Å². The van der Waals surface area contributed by atoms with Crippen molar-refractivity contribution >= 4 is 17.4 Å². The Morgan fingerprint density at radius 1 is 1.15 bits per heavy atom. The molecule has 0 saturated carbocycles. The van der Waals surface area contributed by atoms with Gasteiger partial charge in [0, 0.05) is 18.1 Å². The van der Waals surface area contributed by atoms with Crippen LogP contribution in [0.25, 0.3) is 17.0 Å². The number of benzene rings is 1. The Hall–Kier alpha value is -3.12. The second kappa shape index (κ2) is 7.25. The highest BCUT2D eigenvalue weighted by Gasteiger charge is 2.21. The molecular formula is C20H17ClN2O4. The van der Waals surface area contributed by atoms with E-state index in [0.717, 1.165) is 12.8 Å². The molecular weight excluding hydrogens is 368 g/mol. The summed E-state index contributed by atoms with van der Waals surface area (Å²) in [6, 6.07) is 2.65. The first-order valence-electron chi connectivity index (χ1n) is 8.44. The summed E-state index contributed by atoms with van der Waals surface area (Å²) in [7, 11) is 0. The standard InChI is InChI=1S/C20H17ClN2O4/c21-16-7-14(17(24)8-18(16)25)20-15(9-22-23-20)19-11-26-10-13(27-19)6-12-4-2-1-3-5-12/h1-2,4,7-11,24-25H,3,5-6H2,(H,22,23). The number of allylic oxidation sites excluding steroid dienone is 4. The molecule has 1 aromatic carbocycles. The molecule has 1 aliphatic carbocycles. The molecule has 0 unspecified atom stereocenters. The van der Waals surface area contributed by atoms with Gasteiger partial charge in [-0.25, -0.2) is 0 Å². The fraction of sp³-hybridized carbons (Fsp3) is 0.150. The van der Waals surface area contributed by atoms with E-state index in [2.05, 4.69) is 22.3 Å². The minimum absolute atomic E-state index is 0.121. The van der Waals surface area contributed by atoms with E-state index in [0.29, 0.717) is 34.8 Å². The number of phenols is 2. The van der Waals surface area contributed by atoms with Crippen LogP contribution in [0.5, 0.6) is 11.5 Å². The van der Waals surface area contributed by atoms with Crippen LogP contribution in [0.15, 0.2) is 60.4 Å². The number of hydrogen-bond acceptors (Lipinski definition) is 5. The Kier molecular flexibility index (Phi) is 4.64. The van der Waals surface area contributed by atoms with Crippen molar-refractivity contribution in [2.75, 3.05) is 0 Å². The van der Waals surface area contributed by atoms with Gasteiger partial charge >= 0.3 is 0 Å². The zero-order valence-electron chi connectivity index (χ0n) is 14.3. The molecule has 3 N–H and O–H groups in total. The number of ether oxygens (including phenoxy) is 2. The minimum Gasteiger partial charge on any atom is -0.507 e. The highest BCUT2D eigenvalue weighted by Crippen LogP contribution is 2.40. The summed E-state index contributed by atoms with van der Waals surface area (Å²) < 4.78 is 11.5. The molecule has 138 valence electrons. The molecule has 0 saturated heterocycles. The lowest BCUT2D eigenvalue weighted by molar-refractivity contribution is 0.273. The van der Waals surface area contributed by atoms with Crippen LogP contribution in [0.2, 0.25) is 5.02 Å². The predicted molar refractivity (Wildman–Crippen MR) is 102 cm³/mol. The quantitative estimate of drug-likeness (QED) is 0.690. The topological polar surface area (TPSA) is 87.6 Å². The first-order chi connectivity index (χ1) is 13.1. The zero-order valence-corrected chi connectivity index (χ0v) is 15.0. The van der Waals surface area contributed by atoms with E-state index in [4.69, 9.17) is 21.1 Å². The Labute approximate surface area is 160 Å². The van der Waals surface area contributed by atoms with E-state index < -0.39 is 0 Å². The van der Waals surface area contributed by atoms with Gasteiger partial charge in [0.05, 0.1) is 22.5 Å². The molecule has 0 spiro atoms. The number of aromatic hydroxyl groups is 2. The van der Waals surface area contributed by atoms with Crippen molar-refractivity contribution in [1.82, 2.24) is 10.2 Å². The van der Waals surface area contributed by atoms with Gasteiger partial charge in [-0.2, -0.15) is 5.10 Å². The number of phenolic OH excluding ortho intramolecular Hbond substituents is 2. The largest absolute Gasteiger partial charge is 0.507 e. The van der Waals surface area contributed by atoms with E-state index in [1.165, 1.54) is 24.0 Å². The number of aromatic nitrogens is 2. The summed E-state index contributed by atoms with van der Waals surface area (Å²) in [6.07, 6.45) is 13.6. The van der Waals surface area contributed by atoms with Crippen LogP contribution in [-0.4, -0.2) is 20.4 Å². The lowest BCUT2D eigenvalue weighted by atomic mass is 10.0. The molecule has 7 heteroatoms. The van der Waals surface area contributed by atoms with Crippen LogP contribution < -0.4 is 0 Å². The lowest BCUT2D eigenvalue weighted by Gasteiger charge is -2.18. The maximum absolute atomic E-state index is 10.2. The number of nitrogens with zero attached hydrogens (tertiary/aromatic N) is 1. The third kappa shape index (κ3) is 3.57. The molecule has 1 aromatic heterocycles. The van der Waals surface area contributed by atoms with E-state index in [-0.39, 0.29) is 16.5 Å². The molecule has 0 radical (unpaired) electrons. The second-order valence-corrected chi connectivity index (χ2v) is 6.66. The molecule has 4 rings (SSSR count). The monoisotopic (exact) mass is 384 g/mol. The highest BCUT2D eigenvalue weighted by atomic mass is 35.5. The Morgan fingerprint density at radius 3 is 2.85 bits per heavy atom. The number of nitrogens with one attached hydrogen (secondary N) is 1. The van der Waals surface area contributed by atoms with Gasteiger partial charge < -0.3 is 19.7 Å². The molecule has 6 nitrogen and oxygen atoms in total. The molecule has 0 atom stereocenters. The van der Waals surface area contributed by atoms with Crippen LogP contribution in [0.1, 0.15) is 24.8 Å². The third-order valence-corrected chi connectivity index (χ3v) is 4.66. The SMILES string of the molecule is Oc1cc(O)c(-c2[nH]ncc2C2=COC=C(CC3=CC=CCC3)O2)cc1Cl. The first-order valence-corrected chi connectivity index (χ1v) is 8.82. The fourth-order valence-electron chi connectivity index (χ4n) is 3.01. The van der Waals surface area contributed by atoms with Gasteiger partial charge in [-0.15, -0.1) is 0 Å². The normalized spacial score (nSPS) is 16.1. The summed E-state index contributed by atoms with van der Waals surface area (Å²) in [4.78, 5) is 0. The average Bonchev–Trinajstić information content (AvgIpc) is 3.15. The van der Waals surface area contributed by atoms with Crippen LogP contribution in [0.4, 0.5) is 0 Å². The van der Waals surface area contributed by atoms with Crippen molar-refractivity contribution < 1.29 is 19.7 Å². The lowest BCUT2D eigenvalue weighted by Crippen LogP contribution is -2.02. The highest BCUT2D eigenvalue weighted by molar-refractivity contribution is 6.32. The van der Waals surface area contributed by atoms with Crippen LogP contribution in [-0.2, 0) is 9.47 Å². The van der Waals surface area contributed by atoms with E-state index >= 15 is 0 Å². The van der Waals surface area contributed by atoms with Gasteiger partial charge in [0.1, 0.15) is 29.8 Å². The van der Waals surface area contributed by atoms with Crippen molar-refractivity contribution in [3.8, 4) is 22.8 Å². The molecule has 2 aliphatic rings. The molecule has 0 bridgehead atoms. The second-order valence-electron chi connectivity index (χ2n) is 6.25.